The average Bonchev–Trinajstić information content (AvgIpc) is 3.25. The van der Waals surface area contributed by atoms with Gasteiger partial charge in [-0.25, -0.2) is 4.98 Å². The number of hydrogen-bond acceptors (Lipinski definition) is 4. The van der Waals surface area contributed by atoms with Gasteiger partial charge >= 0.3 is 0 Å². The predicted octanol–water partition coefficient (Wildman–Crippen LogP) is 1.76. The first-order valence-electron chi connectivity index (χ1n) is 8.37. The highest BCUT2D eigenvalue weighted by molar-refractivity contribution is 5.40. The molecule has 2 aliphatic heterocycles. The molecule has 2 unspecified atom stereocenters. The Kier molecular flexibility index (Phi) is 3.25. The van der Waals surface area contributed by atoms with E-state index in [1.165, 1.54) is 25.7 Å². The highest BCUT2D eigenvalue weighted by atomic mass is 16.1. The molecule has 3 heterocycles. The Morgan fingerprint density at radius 2 is 1.95 bits per heavy atom. The van der Waals surface area contributed by atoms with Crippen LogP contribution in [0.2, 0.25) is 0 Å². The van der Waals surface area contributed by atoms with Crippen LogP contribution in [0.15, 0.2) is 10.9 Å². The number of nitrogens with zero attached hydrogens (tertiary/aromatic N) is 2. The fourth-order valence-corrected chi connectivity index (χ4v) is 4.05. The van der Waals surface area contributed by atoms with E-state index in [-0.39, 0.29) is 5.56 Å². The minimum Gasteiger partial charge on any atom is -0.354 e. The van der Waals surface area contributed by atoms with E-state index in [2.05, 4.69) is 22.1 Å². The van der Waals surface area contributed by atoms with E-state index in [4.69, 9.17) is 4.98 Å². The van der Waals surface area contributed by atoms with Crippen LogP contribution in [0.5, 0.6) is 0 Å². The lowest BCUT2D eigenvalue weighted by molar-refractivity contribution is 0.347. The summed E-state index contributed by atoms with van der Waals surface area (Å²) in [6.45, 7) is 3.09. The minimum atomic E-state index is -0.00254. The summed E-state index contributed by atoms with van der Waals surface area (Å²) in [6, 6.07) is 3.52. The maximum Gasteiger partial charge on any atom is 0.252 e. The Labute approximate surface area is 125 Å². The molecule has 3 aliphatic rings. The summed E-state index contributed by atoms with van der Waals surface area (Å²) in [6.07, 6.45) is 7.28. The maximum atomic E-state index is 12.0. The Hall–Kier alpha value is -1.36. The number of anilines is 1. The van der Waals surface area contributed by atoms with Crippen LogP contribution in [0.4, 0.5) is 5.82 Å². The van der Waals surface area contributed by atoms with Gasteiger partial charge in [-0.15, -0.1) is 0 Å². The molecule has 3 fully saturated rings. The number of nitrogens with one attached hydrogen (secondary N) is 2. The summed E-state index contributed by atoms with van der Waals surface area (Å²) in [5.41, 5.74) is -0.00254. The molecule has 0 spiro atoms. The van der Waals surface area contributed by atoms with Crippen molar-refractivity contribution >= 4 is 5.82 Å². The molecule has 0 aromatic carbocycles. The van der Waals surface area contributed by atoms with Crippen LogP contribution < -0.4 is 15.8 Å². The van der Waals surface area contributed by atoms with Crippen LogP contribution in [0.1, 0.15) is 57.2 Å². The summed E-state index contributed by atoms with van der Waals surface area (Å²) < 4.78 is 0. The van der Waals surface area contributed by atoms with E-state index in [9.17, 15) is 4.79 Å². The Morgan fingerprint density at radius 3 is 2.57 bits per heavy atom. The second-order valence-electron chi connectivity index (χ2n) is 6.81. The van der Waals surface area contributed by atoms with Crippen molar-refractivity contribution in [3.8, 4) is 0 Å². The Morgan fingerprint density at radius 1 is 1.24 bits per heavy atom. The van der Waals surface area contributed by atoms with Crippen LogP contribution >= 0.6 is 0 Å². The lowest BCUT2D eigenvalue weighted by Gasteiger charge is -2.38. The predicted molar refractivity (Wildman–Crippen MR) is 82.8 cm³/mol. The molecule has 1 aliphatic carbocycles. The van der Waals surface area contributed by atoms with Gasteiger partial charge in [0, 0.05) is 36.7 Å². The summed E-state index contributed by atoms with van der Waals surface area (Å²) in [5, 5.41) is 3.69. The number of H-pyrrole nitrogens is 1. The largest absolute Gasteiger partial charge is 0.354 e. The molecule has 21 heavy (non-hydrogen) atoms. The molecule has 1 saturated carbocycles. The minimum absolute atomic E-state index is 0.00254. The lowest BCUT2D eigenvalue weighted by Crippen LogP contribution is -2.48. The molecule has 5 heteroatoms. The van der Waals surface area contributed by atoms with E-state index in [1.54, 1.807) is 6.07 Å². The maximum absolute atomic E-state index is 12.0. The number of aromatic nitrogens is 2. The molecule has 0 amide bonds. The summed E-state index contributed by atoms with van der Waals surface area (Å²) >= 11 is 0. The Balaban J connectivity index is 1.61. The standard InChI is InChI=1S/C16H24N4O/c1-2-20(13-7-11-5-6-12(8-13)17-11)14-9-15(21)19-16(18-14)10-3-4-10/h9-13,17H,2-8H2,1H3,(H,18,19,21). The van der Waals surface area contributed by atoms with E-state index in [0.717, 1.165) is 31.0 Å². The Bertz CT molecular complexity index is 568. The average molecular weight is 288 g/mol. The number of aromatic amines is 1. The SMILES string of the molecule is CCN(c1cc(=O)[nH]c(C2CC2)n1)C1CC2CCC(C1)N2. The van der Waals surface area contributed by atoms with Crippen molar-refractivity contribution < 1.29 is 0 Å². The van der Waals surface area contributed by atoms with Crippen molar-refractivity contribution in [2.75, 3.05) is 11.4 Å². The molecular weight excluding hydrogens is 264 g/mol. The van der Waals surface area contributed by atoms with Gasteiger partial charge in [-0.3, -0.25) is 4.79 Å². The van der Waals surface area contributed by atoms with Crippen molar-refractivity contribution in [1.82, 2.24) is 15.3 Å². The molecule has 2 saturated heterocycles. The first-order valence-corrected chi connectivity index (χ1v) is 8.37. The van der Waals surface area contributed by atoms with Gasteiger partial charge in [-0.1, -0.05) is 0 Å². The number of hydrogen-bond donors (Lipinski definition) is 2. The van der Waals surface area contributed by atoms with E-state index >= 15 is 0 Å². The van der Waals surface area contributed by atoms with Crippen molar-refractivity contribution in [3.63, 3.8) is 0 Å². The summed E-state index contributed by atoms with van der Waals surface area (Å²) in [4.78, 5) is 22.0. The van der Waals surface area contributed by atoms with Crippen molar-refractivity contribution in [3.05, 3.63) is 22.2 Å². The van der Waals surface area contributed by atoms with E-state index in [1.807, 2.05) is 0 Å². The molecule has 2 N–H and O–H groups in total. The molecule has 1 aromatic heterocycles. The van der Waals surface area contributed by atoms with Gasteiger partial charge in [-0.2, -0.15) is 0 Å². The van der Waals surface area contributed by atoms with Crippen LogP contribution in [0.25, 0.3) is 0 Å². The van der Waals surface area contributed by atoms with Crippen molar-refractivity contribution in [2.24, 2.45) is 0 Å². The normalized spacial score (nSPS) is 31.4. The monoisotopic (exact) mass is 288 g/mol. The van der Waals surface area contributed by atoms with Gasteiger partial charge in [0.05, 0.1) is 0 Å². The second kappa shape index (κ2) is 5.13. The van der Waals surface area contributed by atoms with Gasteiger partial charge < -0.3 is 15.2 Å². The van der Waals surface area contributed by atoms with Crippen LogP contribution in [0, 0.1) is 0 Å². The third-order valence-corrected chi connectivity index (χ3v) is 5.23. The molecule has 0 radical (unpaired) electrons. The van der Waals surface area contributed by atoms with Gasteiger partial charge in [0.15, 0.2) is 0 Å². The van der Waals surface area contributed by atoms with Crippen LogP contribution in [0.3, 0.4) is 0 Å². The molecule has 2 bridgehead atoms. The third-order valence-electron chi connectivity index (χ3n) is 5.23. The number of fused-ring (bicyclic) bond motifs is 2. The van der Waals surface area contributed by atoms with E-state index in [0.29, 0.717) is 24.0 Å². The molecule has 114 valence electrons. The van der Waals surface area contributed by atoms with E-state index < -0.39 is 0 Å². The van der Waals surface area contributed by atoms with Crippen molar-refractivity contribution in [1.29, 1.82) is 0 Å². The highest BCUT2D eigenvalue weighted by Gasteiger charge is 2.36. The van der Waals surface area contributed by atoms with Crippen LogP contribution in [-0.2, 0) is 0 Å². The van der Waals surface area contributed by atoms with Gasteiger partial charge in [-0.05, 0) is 45.4 Å². The smallest absolute Gasteiger partial charge is 0.252 e. The number of rotatable bonds is 4. The van der Waals surface area contributed by atoms with Gasteiger partial charge in [0.25, 0.3) is 5.56 Å². The summed E-state index contributed by atoms with van der Waals surface area (Å²) in [5.74, 6) is 2.27. The van der Waals surface area contributed by atoms with Gasteiger partial charge in [0.2, 0.25) is 0 Å². The molecule has 2 atom stereocenters. The topological polar surface area (TPSA) is 61.0 Å². The first kappa shape index (κ1) is 13.3. The highest BCUT2D eigenvalue weighted by Crippen LogP contribution is 2.38. The second-order valence-corrected chi connectivity index (χ2v) is 6.81. The van der Waals surface area contributed by atoms with Gasteiger partial charge in [0.1, 0.15) is 11.6 Å². The number of piperidine rings is 1. The molecular formula is C16H24N4O. The molecule has 1 aromatic rings. The summed E-state index contributed by atoms with van der Waals surface area (Å²) in [7, 11) is 0. The fraction of sp³-hybridized carbons (Fsp3) is 0.750. The molecule has 5 nitrogen and oxygen atoms in total. The zero-order valence-corrected chi connectivity index (χ0v) is 12.6. The lowest BCUT2D eigenvalue weighted by atomic mass is 9.98. The van der Waals surface area contributed by atoms with Crippen LogP contribution in [-0.4, -0.2) is 34.6 Å². The quantitative estimate of drug-likeness (QED) is 0.886. The first-order chi connectivity index (χ1) is 10.2. The molecule has 4 rings (SSSR count). The zero-order chi connectivity index (χ0) is 14.4. The third kappa shape index (κ3) is 2.59. The fourth-order valence-electron chi connectivity index (χ4n) is 4.05. The zero-order valence-electron chi connectivity index (χ0n) is 12.6. The van der Waals surface area contributed by atoms with Crippen molar-refractivity contribution in [2.45, 2.75) is 69.5 Å².